The van der Waals surface area contributed by atoms with Crippen LogP contribution in [0.25, 0.3) is 0 Å². The largest absolute Gasteiger partial charge is 0.785 e. The fourth-order valence-corrected chi connectivity index (χ4v) is 1.11. The van der Waals surface area contributed by atoms with E-state index in [4.69, 9.17) is 0 Å². The van der Waals surface area contributed by atoms with Gasteiger partial charge in [-0.05, 0) is 31.3 Å². The molecule has 2 nitrogen and oxygen atoms in total. The summed E-state index contributed by atoms with van der Waals surface area (Å²) in [5.74, 6) is 0. The lowest BCUT2D eigenvalue weighted by molar-refractivity contribution is 0.295. The van der Waals surface area contributed by atoms with E-state index in [0.717, 1.165) is 17.9 Å². The van der Waals surface area contributed by atoms with Crippen molar-refractivity contribution in [3.05, 3.63) is 5.21 Å². The molecule has 0 rings (SSSR count). The maximum absolute atomic E-state index is 10.8. The van der Waals surface area contributed by atoms with Gasteiger partial charge in [0.1, 0.15) is 0 Å². The van der Waals surface area contributed by atoms with Crippen molar-refractivity contribution in [2.75, 3.05) is 7.05 Å². The SMILES string of the molecule is CC(CCCC(C)(C)C)N(C)[O-]. The highest BCUT2D eigenvalue weighted by Gasteiger charge is 2.10. The zero-order valence-corrected chi connectivity index (χ0v) is 9.05. The van der Waals surface area contributed by atoms with E-state index in [2.05, 4.69) is 20.8 Å². The maximum Gasteiger partial charge on any atom is -0.00570 e. The average Bonchev–Trinajstić information content (AvgIpc) is 1.84. The smallest absolute Gasteiger partial charge is 0.00570 e. The minimum atomic E-state index is 0.173. The molecule has 2 heteroatoms. The molecule has 0 heterocycles. The third-order valence-corrected chi connectivity index (χ3v) is 2.17. The topological polar surface area (TPSA) is 26.3 Å². The molecule has 0 aliphatic heterocycles. The van der Waals surface area contributed by atoms with Crippen molar-refractivity contribution in [2.24, 2.45) is 5.41 Å². The summed E-state index contributed by atoms with van der Waals surface area (Å²) in [4.78, 5) is 0. The Morgan fingerprint density at radius 3 is 2.17 bits per heavy atom. The van der Waals surface area contributed by atoms with Gasteiger partial charge in [0.25, 0.3) is 0 Å². The summed E-state index contributed by atoms with van der Waals surface area (Å²) in [7, 11) is 1.60. The summed E-state index contributed by atoms with van der Waals surface area (Å²) < 4.78 is 0. The monoisotopic (exact) mass is 172 g/mol. The van der Waals surface area contributed by atoms with Gasteiger partial charge in [-0.15, -0.1) is 0 Å². The number of rotatable bonds is 4. The van der Waals surface area contributed by atoms with Crippen LogP contribution < -0.4 is 0 Å². The van der Waals surface area contributed by atoms with Gasteiger partial charge in [-0.2, -0.15) is 0 Å². The highest BCUT2D eigenvalue weighted by Crippen LogP contribution is 2.22. The first kappa shape index (κ1) is 11.9. The van der Waals surface area contributed by atoms with E-state index in [-0.39, 0.29) is 6.04 Å². The van der Waals surface area contributed by atoms with Crippen molar-refractivity contribution >= 4 is 0 Å². The van der Waals surface area contributed by atoms with Gasteiger partial charge in [-0.25, -0.2) is 0 Å². The summed E-state index contributed by atoms with van der Waals surface area (Å²) in [6, 6.07) is 0.173. The van der Waals surface area contributed by atoms with Crippen molar-refractivity contribution in [3.63, 3.8) is 0 Å². The molecule has 74 valence electrons. The Bertz CT molecular complexity index is 115. The average molecular weight is 172 g/mol. The molecular weight excluding hydrogens is 150 g/mol. The van der Waals surface area contributed by atoms with Gasteiger partial charge >= 0.3 is 0 Å². The van der Waals surface area contributed by atoms with E-state index in [1.54, 1.807) is 7.05 Å². The number of hydroxylamine groups is 2. The minimum absolute atomic E-state index is 0.173. The van der Waals surface area contributed by atoms with Crippen molar-refractivity contribution in [3.8, 4) is 0 Å². The normalized spacial score (nSPS) is 15.2. The lowest BCUT2D eigenvalue weighted by Gasteiger charge is -2.30. The van der Waals surface area contributed by atoms with E-state index in [9.17, 15) is 5.21 Å². The molecule has 0 amide bonds. The first-order valence-electron chi connectivity index (χ1n) is 4.73. The molecule has 0 aromatic rings. The Balaban J connectivity index is 3.44. The molecule has 0 aromatic heterocycles. The third-order valence-electron chi connectivity index (χ3n) is 2.17. The molecule has 0 aliphatic rings. The van der Waals surface area contributed by atoms with Crippen LogP contribution in [0.4, 0.5) is 0 Å². The van der Waals surface area contributed by atoms with Crippen LogP contribution in [0.1, 0.15) is 47.0 Å². The van der Waals surface area contributed by atoms with Crippen molar-refractivity contribution in [1.29, 1.82) is 0 Å². The van der Waals surface area contributed by atoms with Crippen LogP contribution in [0.3, 0.4) is 0 Å². The molecule has 0 aromatic carbocycles. The number of hydrogen-bond acceptors (Lipinski definition) is 2. The predicted molar refractivity (Wildman–Crippen MR) is 53.9 cm³/mol. The fourth-order valence-electron chi connectivity index (χ4n) is 1.11. The Hall–Kier alpha value is -0.0800. The van der Waals surface area contributed by atoms with Crippen molar-refractivity contribution < 1.29 is 0 Å². The highest BCUT2D eigenvalue weighted by molar-refractivity contribution is 4.66. The van der Waals surface area contributed by atoms with Gasteiger partial charge < -0.3 is 10.3 Å². The first-order valence-corrected chi connectivity index (χ1v) is 4.73. The van der Waals surface area contributed by atoms with E-state index < -0.39 is 0 Å². The molecule has 0 saturated heterocycles. The first-order chi connectivity index (χ1) is 5.33. The van der Waals surface area contributed by atoms with Crippen LogP contribution in [-0.2, 0) is 0 Å². The molecule has 0 aliphatic carbocycles. The second-order valence-electron chi connectivity index (χ2n) is 4.85. The third kappa shape index (κ3) is 6.62. The molecule has 0 spiro atoms. The van der Waals surface area contributed by atoms with Gasteiger partial charge in [0.05, 0.1) is 0 Å². The van der Waals surface area contributed by atoms with Crippen LogP contribution in [0, 0.1) is 10.6 Å². The Labute approximate surface area is 76.5 Å². The quantitative estimate of drug-likeness (QED) is 0.609. The zero-order valence-electron chi connectivity index (χ0n) is 9.05. The van der Waals surface area contributed by atoms with Gasteiger partial charge in [0, 0.05) is 0 Å². The zero-order chi connectivity index (χ0) is 9.78. The second-order valence-corrected chi connectivity index (χ2v) is 4.85. The molecule has 1 atom stereocenters. The summed E-state index contributed by atoms with van der Waals surface area (Å²) in [6.45, 7) is 8.69. The van der Waals surface area contributed by atoms with Crippen LogP contribution >= 0.6 is 0 Å². The van der Waals surface area contributed by atoms with Gasteiger partial charge in [0.2, 0.25) is 0 Å². The van der Waals surface area contributed by atoms with Crippen molar-refractivity contribution in [1.82, 2.24) is 5.06 Å². The Kier molecular flexibility index (Phi) is 4.80. The standard InChI is InChI=1S/C10H22NO/c1-9(11(5)12)7-6-8-10(2,3)4/h9H,6-8H2,1-5H3/q-1. The molecule has 0 saturated carbocycles. The second kappa shape index (κ2) is 4.83. The molecular formula is C10H22NO-. The minimum Gasteiger partial charge on any atom is -0.785 e. The summed E-state index contributed by atoms with van der Waals surface area (Å²) in [6.07, 6.45) is 3.36. The number of nitrogens with zero attached hydrogens (tertiary/aromatic N) is 1. The maximum atomic E-state index is 10.8. The van der Waals surface area contributed by atoms with Crippen LogP contribution in [-0.4, -0.2) is 18.2 Å². The van der Waals surface area contributed by atoms with E-state index in [1.807, 2.05) is 6.92 Å². The van der Waals surface area contributed by atoms with Crippen LogP contribution in [0.2, 0.25) is 0 Å². The molecule has 0 fully saturated rings. The van der Waals surface area contributed by atoms with E-state index in [1.165, 1.54) is 6.42 Å². The fraction of sp³-hybridized carbons (Fsp3) is 1.00. The Morgan fingerprint density at radius 1 is 1.33 bits per heavy atom. The molecule has 1 unspecified atom stereocenters. The van der Waals surface area contributed by atoms with E-state index >= 15 is 0 Å². The lowest BCUT2D eigenvalue weighted by Crippen LogP contribution is -2.23. The van der Waals surface area contributed by atoms with Gasteiger partial charge in [0.15, 0.2) is 0 Å². The summed E-state index contributed by atoms with van der Waals surface area (Å²) in [5, 5.41) is 11.9. The van der Waals surface area contributed by atoms with Gasteiger partial charge in [-0.3, -0.25) is 0 Å². The van der Waals surface area contributed by atoms with Crippen LogP contribution in [0.15, 0.2) is 0 Å². The molecule has 0 N–H and O–H groups in total. The Morgan fingerprint density at radius 2 is 1.83 bits per heavy atom. The van der Waals surface area contributed by atoms with Crippen LogP contribution in [0.5, 0.6) is 0 Å². The molecule has 0 bridgehead atoms. The lowest BCUT2D eigenvalue weighted by atomic mass is 9.89. The highest BCUT2D eigenvalue weighted by atomic mass is 16.5. The summed E-state index contributed by atoms with van der Waals surface area (Å²) >= 11 is 0. The molecule has 12 heavy (non-hydrogen) atoms. The van der Waals surface area contributed by atoms with Gasteiger partial charge in [-0.1, -0.05) is 34.1 Å². The predicted octanol–water partition coefficient (Wildman–Crippen LogP) is 3.02. The summed E-state index contributed by atoms with van der Waals surface area (Å²) in [5.41, 5.74) is 0.404. The van der Waals surface area contributed by atoms with Crippen molar-refractivity contribution in [2.45, 2.75) is 53.0 Å². The van der Waals surface area contributed by atoms with E-state index in [0.29, 0.717) is 5.41 Å². The molecule has 0 radical (unpaired) electrons. The number of hydrogen-bond donors (Lipinski definition) is 0.